The van der Waals surface area contributed by atoms with Gasteiger partial charge in [-0.3, -0.25) is 0 Å². The van der Waals surface area contributed by atoms with Gasteiger partial charge in [-0.15, -0.1) is 0 Å². The molecule has 0 aromatic rings. The first-order valence-electron chi connectivity index (χ1n) is 7.24. The Morgan fingerprint density at radius 1 is 1.18 bits per heavy atom. The average molecular weight is 239 g/mol. The van der Waals surface area contributed by atoms with Gasteiger partial charge >= 0.3 is 0 Å². The second kappa shape index (κ2) is 5.68. The van der Waals surface area contributed by atoms with Gasteiger partial charge in [-0.1, -0.05) is 12.8 Å². The highest BCUT2D eigenvalue weighted by Crippen LogP contribution is 2.38. The Labute approximate surface area is 106 Å². The molecule has 0 amide bonds. The van der Waals surface area contributed by atoms with Gasteiger partial charge in [0.25, 0.3) is 0 Å². The number of nitrogens with two attached hydrogens (primary N) is 1. The highest BCUT2D eigenvalue weighted by atomic mass is 15.2. The van der Waals surface area contributed by atoms with Gasteiger partial charge in [-0.25, -0.2) is 0 Å². The van der Waals surface area contributed by atoms with Crippen LogP contribution in [0.15, 0.2) is 0 Å². The standard InChI is InChI=1S/C14H29N3/c1-16(2)13-5-9-17(10-6-13)12-14(11-15)7-3-4-8-14/h13H,3-12,15H2,1-2H3. The van der Waals surface area contributed by atoms with E-state index in [9.17, 15) is 0 Å². The number of piperidine rings is 1. The van der Waals surface area contributed by atoms with Crippen molar-refractivity contribution in [2.75, 3.05) is 40.3 Å². The Morgan fingerprint density at radius 3 is 2.24 bits per heavy atom. The molecular weight excluding hydrogens is 210 g/mol. The molecule has 1 heterocycles. The predicted molar refractivity (Wildman–Crippen MR) is 73.1 cm³/mol. The van der Waals surface area contributed by atoms with E-state index in [1.165, 1.54) is 58.2 Å². The molecule has 0 aromatic carbocycles. The van der Waals surface area contributed by atoms with Crippen LogP contribution in [0.2, 0.25) is 0 Å². The van der Waals surface area contributed by atoms with Crippen molar-refractivity contribution >= 4 is 0 Å². The molecule has 0 aromatic heterocycles. The molecule has 2 aliphatic rings. The van der Waals surface area contributed by atoms with Gasteiger partial charge in [0.15, 0.2) is 0 Å². The minimum absolute atomic E-state index is 0.463. The molecule has 0 spiro atoms. The van der Waals surface area contributed by atoms with E-state index in [0.717, 1.165) is 12.6 Å². The van der Waals surface area contributed by atoms with Crippen LogP contribution < -0.4 is 5.73 Å². The van der Waals surface area contributed by atoms with Gasteiger partial charge in [0.05, 0.1) is 0 Å². The van der Waals surface area contributed by atoms with Crippen LogP contribution in [0.3, 0.4) is 0 Å². The summed E-state index contributed by atoms with van der Waals surface area (Å²) in [6.07, 6.45) is 8.16. The zero-order valence-corrected chi connectivity index (χ0v) is 11.6. The zero-order valence-electron chi connectivity index (χ0n) is 11.6. The summed E-state index contributed by atoms with van der Waals surface area (Å²) < 4.78 is 0. The Morgan fingerprint density at radius 2 is 1.76 bits per heavy atom. The summed E-state index contributed by atoms with van der Waals surface area (Å²) >= 11 is 0. The van der Waals surface area contributed by atoms with Crippen molar-refractivity contribution in [1.82, 2.24) is 9.80 Å². The molecule has 100 valence electrons. The van der Waals surface area contributed by atoms with Crippen LogP contribution in [0, 0.1) is 5.41 Å². The molecule has 3 heteroatoms. The Kier molecular flexibility index (Phi) is 4.45. The predicted octanol–water partition coefficient (Wildman–Crippen LogP) is 1.53. The second-order valence-electron chi connectivity index (χ2n) is 6.38. The van der Waals surface area contributed by atoms with Gasteiger partial charge < -0.3 is 15.5 Å². The van der Waals surface area contributed by atoms with E-state index in [1.54, 1.807) is 0 Å². The van der Waals surface area contributed by atoms with Crippen LogP contribution in [0.25, 0.3) is 0 Å². The van der Waals surface area contributed by atoms with Crippen LogP contribution in [-0.2, 0) is 0 Å². The maximum atomic E-state index is 6.03. The molecule has 0 bridgehead atoms. The molecule has 0 atom stereocenters. The molecular formula is C14H29N3. The number of hydrogen-bond donors (Lipinski definition) is 1. The van der Waals surface area contributed by atoms with Crippen LogP contribution in [-0.4, -0.2) is 56.1 Å². The quantitative estimate of drug-likeness (QED) is 0.807. The van der Waals surface area contributed by atoms with Crippen molar-refractivity contribution in [3.63, 3.8) is 0 Å². The lowest BCUT2D eigenvalue weighted by atomic mass is 9.85. The normalized spacial score (nSPS) is 26.8. The fraction of sp³-hybridized carbons (Fsp3) is 1.00. The van der Waals surface area contributed by atoms with Crippen LogP contribution in [0.4, 0.5) is 0 Å². The van der Waals surface area contributed by atoms with Gasteiger partial charge in [0, 0.05) is 12.6 Å². The van der Waals surface area contributed by atoms with Gasteiger partial charge in [0.1, 0.15) is 0 Å². The third-order valence-electron chi connectivity index (χ3n) is 4.94. The fourth-order valence-electron chi connectivity index (χ4n) is 3.62. The molecule has 2 N–H and O–H groups in total. The Bertz CT molecular complexity index is 226. The lowest BCUT2D eigenvalue weighted by molar-refractivity contribution is 0.0988. The smallest absolute Gasteiger partial charge is 0.0113 e. The first-order valence-corrected chi connectivity index (χ1v) is 7.24. The lowest BCUT2D eigenvalue weighted by Gasteiger charge is -2.40. The topological polar surface area (TPSA) is 32.5 Å². The molecule has 1 saturated heterocycles. The minimum Gasteiger partial charge on any atom is -0.330 e. The van der Waals surface area contributed by atoms with E-state index in [1.807, 2.05) is 0 Å². The number of nitrogens with zero attached hydrogens (tertiary/aromatic N) is 2. The maximum absolute atomic E-state index is 6.03. The number of hydrogen-bond acceptors (Lipinski definition) is 3. The summed E-state index contributed by atoms with van der Waals surface area (Å²) in [5.41, 5.74) is 6.49. The molecule has 17 heavy (non-hydrogen) atoms. The van der Waals surface area contributed by atoms with E-state index in [0.29, 0.717) is 5.41 Å². The summed E-state index contributed by atoms with van der Waals surface area (Å²) in [7, 11) is 4.41. The first-order chi connectivity index (χ1) is 8.15. The van der Waals surface area contributed by atoms with Crippen molar-refractivity contribution in [2.45, 2.75) is 44.6 Å². The number of likely N-dealkylation sites (tertiary alicyclic amines) is 1. The molecule has 0 unspecified atom stereocenters. The summed E-state index contributed by atoms with van der Waals surface area (Å²) in [4.78, 5) is 5.05. The highest BCUT2D eigenvalue weighted by Gasteiger charge is 2.35. The van der Waals surface area contributed by atoms with Crippen molar-refractivity contribution in [3.8, 4) is 0 Å². The Hall–Kier alpha value is -0.120. The molecule has 1 aliphatic carbocycles. The molecule has 1 aliphatic heterocycles. The van der Waals surface area contributed by atoms with Gasteiger partial charge in [0.2, 0.25) is 0 Å². The zero-order chi connectivity index (χ0) is 12.3. The summed E-state index contributed by atoms with van der Waals surface area (Å²) in [6, 6.07) is 0.795. The van der Waals surface area contributed by atoms with Crippen molar-refractivity contribution < 1.29 is 0 Å². The minimum atomic E-state index is 0.463. The SMILES string of the molecule is CN(C)C1CCN(CC2(CN)CCCC2)CC1. The lowest BCUT2D eigenvalue weighted by Crippen LogP contribution is -2.47. The largest absolute Gasteiger partial charge is 0.330 e. The molecule has 3 nitrogen and oxygen atoms in total. The first kappa shape index (κ1) is 13.3. The second-order valence-corrected chi connectivity index (χ2v) is 6.38. The average Bonchev–Trinajstić information content (AvgIpc) is 2.79. The van der Waals surface area contributed by atoms with E-state index < -0.39 is 0 Å². The maximum Gasteiger partial charge on any atom is 0.0113 e. The van der Waals surface area contributed by atoms with E-state index in [2.05, 4.69) is 23.9 Å². The third kappa shape index (κ3) is 3.21. The monoisotopic (exact) mass is 239 g/mol. The van der Waals surface area contributed by atoms with Gasteiger partial charge in [-0.05, 0) is 64.8 Å². The molecule has 0 radical (unpaired) electrons. The van der Waals surface area contributed by atoms with Crippen molar-refractivity contribution in [3.05, 3.63) is 0 Å². The summed E-state index contributed by atoms with van der Waals surface area (Å²) in [5, 5.41) is 0. The van der Waals surface area contributed by atoms with Crippen LogP contribution in [0.1, 0.15) is 38.5 Å². The van der Waals surface area contributed by atoms with E-state index in [4.69, 9.17) is 5.73 Å². The number of rotatable bonds is 4. The van der Waals surface area contributed by atoms with E-state index in [-0.39, 0.29) is 0 Å². The van der Waals surface area contributed by atoms with Crippen LogP contribution in [0.5, 0.6) is 0 Å². The van der Waals surface area contributed by atoms with Gasteiger partial charge in [-0.2, -0.15) is 0 Å². The van der Waals surface area contributed by atoms with Crippen molar-refractivity contribution in [1.29, 1.82) is 0 Å². The Balaban J connectivity index is 1.81. The highest BCUT2D eigenvalue weighted by molar-refractivity contribution is 4.90. The molecule has 2 rings (SSSR count). The third-order valence-corrected chi connectivity index (χ3v) is 4.94. The summed E-state index contributed by atoms with van der Waals surface area (Å²) in [6.45, 7) is 4.68. The van der Waals surface area contributed by atoms with Crippen LogP contribution >= 0.6 is 0 Å². The molecule has 1 saturated carbocycles. The van der Waals surface area contributed by atoms with E-state index >= 15 is 0 Å². The molecule has 2 fully saturated rings. The summed E-state index contributed by atoms with van der Waals surface area (Å²) in [5.74, 6) is 0. The fourth-order valence-corrected chi connectivity index (χ4v) is 3.62. The van der Waals surface area contributed by atoms with Crippen molar-refractivity contribution in [2.24, 2.45) is 11.1 Å².